The Kier molecular flexibility index (Phi) is 2.39. The van der Waals surface area contributed by atoms with E-state index in [1.54, 1.807) is 13.2 Å². The van der Waals surface area contributed by atoms with Crippen LogP contribution in [0.25, 0.3) is 0 Å². The Morgan fingerprint density at radius 1 is 1.90 bits per heavy atom. The molecule has 0 fully saturated rings. The third-order valence-corrected chi connectivity index (χ3v) is 1.54. The largest absolute Gasteiger partial charge is 0.359 e. The minimum atomic E-state index is -0.276. The minimum Gasteiger partial charge on any atom is -0.359 e. The third kappa shape index (κ3) is 1.80. The van der Waals surface area contributed by atoms with Crippen LogP contribution in [0.4, 0.5) is 5.82 Å². The molecule has 4 heteroatoms. The van der Waals surface area contributed by atoms with Crippen molar-refractivity contribution in [2.45, 2.75) is 13.0 Å². The van der Waals surface area contributed by atoms with Crippen molar-refractivity contribution in [2.24, 2.45) is 0 Å². The van der Waals surface area contributed by atoms with Crippen LogP contribution in [0.5, 0.6) is 0 Å². The predicted molar refractivity (Wildman–Crippen MR) is 40.9 cm³/mol. The van der Waals surface area contributed by atoms with Crippen molar-refractivity contribution >= 4 is 23.6 Å². The molecule has 1 radical (unpaired) electrons. The molecular weight excluding hydrogens is 148 g/mol. The van der Waals surface area contributed by atoms with E-state index in [1.807, 2.05) is 11.4 Å². The van der Waals surface area contributed by atoms with Crippen molar-refractivity contribution in [1.82, 2.24) is 4.37 Å². The second-order valence-electron chi connectivity index (χ2n) is 1.87. The van der Waals surface area contributed by atoms with Crippen molar-refractivity contribution in [1.29, 1.82) is 0 Å². The molecule has 1 rings (SSSR count). The Morgan fingerprint density at radius 2 is 2.70 bits per heavy atom. The fraction of sp³-hybridized carbons (Fsp3) is 0.333. The molecule has 0 aliphatic heterocycles. The number of anilines is 1. The lowest BCUT2D eigenvalue weighted by atomic mass is 10.4. The topological polar surface area (TPSA) is 42.0 Å². The van der Waals surface area contributed by atoms with Crippen molar-refractivity contribution in [2.75, 3.05) is 5.32 Å². The molecule has 1 N–H and O–H groups in total. The molecule has 0 unspecified atom stereocenters. The Labute approximate surface area is 63.2 Å². The summed E-state index contributed by atoms with van der Waals surface area (Å²) in [6.45, 7) is 1.73. The molecule has 0 aromatic carbocycles. The lowest BCUT2D eigenvalue weighted by Crippen LogP contribution is -2.15. The summed E-state index contributed by atoms with van der Waals surface area (Å²) in [5.41, 5.74) is 0. The fourth-order valence-corrected chi connectivity index (χ4v) is 1.02. The quantitative estimate of drug-likeness (QED) is 0.709. The number of hydrogen-bond donors (Lipinski definition) is 1. The summed E-state index contributed by atoms with van der Waals surface area (Å²) in [6, 6.07) is 1.54. The molecule has 0 amide bonds. The molecule has 0 saturated heterocycles. The summed E-state index contributed by atoms with van der Waals surface area (Å²) in [7, 11) is 0. The second kappa shape index (κ2) is 3.31. The summed E-state index contributed by atoms with van der Waals surface area (Å²) in [6.07, 6.45) is 1.81. The Balaban J connectivity index is 2.47. The van der Waals surface area contributed by atoms with E-state index in [4.69, 9.17) is 0 Å². The number of nitrogens with one attached hydrogen (secondary N) is 1. The van der Waals surface area contributed by atoms with E-state index in [1.165, 1.54) is 11.5 Å². The van der Waals surface area contributed by atoms with E-state index in [2.05, 4.69) is 9.69 Å². The van der Waals surface area contributed by atoms with E-state index in [0.29, 0.717) is 0 Å². The predicted octanol–water partition coefficient (Wildman–Crippen LogP) is 1.05. The average Bonchev–Trinajstić information content (AvgIpc) is 2.40. The van der Waals surface area contributed by atoms with Gasteiger partial charge in [0.15, 0.2) is 0 Å². The number of nitrogens with zero attached hydrogens (tertiary/aromatic N) is 1. The molecule has 0 bridgehead atoms. The van der Waals surface area contributed by atoms with Gasteiger partial charge < -0.3 is 5.32 Å². The molecule has 0 spiro atoms. The van der Waals surface area contributed by atoms with Crippen molar-refractivity contribution in [3.8, 4) is 0 Å². The van der Waals surface area contributed by atoms with Gasteiger partial charge >= 0.3 is 0 Å². The molecule has 53 valence electrons. The Hall–Kier alpha value is -0.900. The van der Waals surface area contributed by atoms with Gasteiger partial charge in [-0.1, -0.05) is 0 Å². The van der Waals surface area contributed by atoms with E-state index >= 15 is 0 Å². The summed E-state index contributed by atoms with van der Waals surface area (Å²) >= 11 is 1.35. The van der Waals surface area contributed by atoms with E-state index in [-0.39, 0.29) is 6.04 Å². The van der Waals surface area contributed by atoms with Gasteiger partial charge in [0.25, 0.3) is 0 Å². The first kappa shape index (κ1) is 7.21. The first-order valence-corrected chi connectivity index (χ1v) is 3.71. The van der Waals surface area contributed by atoms with Crippen molar-refractivity contribution < 1.29 is 4.79 Å². The highest BCUT2D eigenvalue weighted by molar-refractivity contribution is 7.03. The van der Waals surface area contributed by atoms with Crippen LogP contribution in [0.3, 0.4) is 0 Å². The van der Waals surface area contributed by atoms with Crippen molar-refractivity contribution in [3.05, 3.63) is 11.4 Å². The van der Waals surface area contributed by atoms with Crippen LogP contribution in [0, 0.1) is 0 Å². The lowest BCUT2D eigenvalue weighted by Gasteiger charge is -2.01. The van der Waals surface area contributed by atoms with Gasteiger partial charge in [0, 0.05) is 5.38 Å². The highest BCUT2D eigenvalue weighted by atomic mass is 32.1. The Morgan fingerprint density at radius 3 is 3.20 bits per heavy atom. The maximum atomic E-state index is 10.0. The number of rotatable bonds is 3. The number of aromatic nitrogens is 1. The van der Waals surface area contributed by atoms with Gasteiger partial charge in [-0.05, 0) is 24.5 Å². The molecule has 0 aliphatic carbocycles. The maximum Gasteiger partial charge on any atom is 0.222 e. The molecule has 10 heavy (non-hydrogen) atoms. The summed E-state index contributed by atoms with van der Waals surface area (Å²) in [5.74, 6) is 0.737. The first-order valence-electron chi connectivity index (χ1n) is 2.87. The zero-order valence-electron chi connectivity index (χ0n) is 5.50. The summed E-state index contributed by atoms with van der Waals surface area (Å²) < 4.78 is 3.96. The molecule has 0 saturated carbocycles. The molecule has 1 heterocycles. The molecule has 0 aliphatic rings. The first-order chi connectivity index (χ1) is 4.83. The van der Waals surface area contributed by atoms with E-state index < -0.39 is 0 Å². The van der Waals surface area contributed by atoms with Crippen LogP contribution >= 0.6 is 11.5 Å². The number of hydrogen-bond acceptors (Lipinski definition) is 4. The zero-order chi connectivity index (χ0) is 7.40. The van der Waals surface area contributed by atoms with E-state index in [0.717, 1.165) is 5.82 Å². The molecule has 1 aromatic heterocycles. The third-order valence-electron chi connectivity index (χ3n) is 0.979. The standard InChI is InChI=1S/C6H7N2OS/c1-5(4-9)7-6-2-3-10-8-6/h2-3,5H,1H3,(H,7,8)/t5-/m0/s1. The SMILES string of the molecule is C[C@@H]([C]=O)Nc1ccsn1. The summed E-state index contributed by atoms with van der Waals surface area (Å²) in [4.78, 5) is 10.0. The van der Waals surface area contributed by atoms with Crippen LogP contribution < -0.4 is 5.32 Å². The van der Waals surface area contributed by atoms with Gasteiger partial charge in [0.1, 0.15) is 5.82 Å². The molecule has 1 atom stereocenters. The highest BCUT2D eigenvalue weighted by Crippen LogP contribution is 2.05. The van der Waals surface area contributed by atoms with Crippen molar-refractivity contribution in [3.63, 3.8) is 0 Å². The van der Waals surface area contributed by atoms with E-state index in [9.17, 15) is 4.79 Å². The highest BCUT2D eigenvalue weighted by Gasteiger charge is 1.99. The fourth-order valence-electron chi connectivity index (χ4n) is 0.538. The summed E-state index contributed by atoms with van der Waals surface area (Å²) in [5, 5.41) is 4.69. The average molecular weight is 155 g/mol. The Bertz CT molecular complexity index is 198. The normalized spacial score (nSPS) is 12.5. The van der Waals surface area contributed by atoms with Crippen LogP contribution in [-0.4, -0.2) is 16.7 Å². The molecular formula is C6H7N2OS. The van der Waals surface area contributed by atoms with Gasteiger partial charge in [-0.15, -0.1) is 0 Å². The van der Waals surface area contributed by atoms with Gasteiger partial charge in [0.2, 0.25) is 6.29 Å². The van der Waals surface area contributed by atoms with Gasteiger partial charge in [0.05, 0.1) is 6.04 Å². The molecule has 1 aromatic rings. The van der Waals surface area contributed by atoms with Gasteiger partial charge in [-0.25, -0.2) is 0 Å². The lowest BCUT2D eigenvalue weighted by molar-refractivity contribution is 0.549. The van der Waals surface area contributed by atoms with Crippen LogP contribution in [0.15, 0.2) is 11.4 Å². The van der Waals surface area contributed by atoms with Crippen LogP contribution in [-0.2, 0) is 4.79 Å². The molecule has 3 nitrogen and oxygen atoms in total. The monoisotopic (exact) mass is 155 g/mol. The number of carbonyl (C=O) groups excluding carboxylic acids is 1. The van der Waals surface area contributed by atoms with Crippen LogP contribution in [0.1, 0.15) is 6.92 Å². The van der Waals surface area contributed by atoms with Gasteiger partial charge in [-0.2, -0.15) is 4.37 Å². The zero-order valence-corrected chi connectivity index (χ0v) is 6.31. The van der Waals surface area contributed by atoms with Gasteiger partial charge in [-0.3, -0.25) is 4.79 Å². The smallest absolute Gasteiger partial charge is 0.222 e. The van der Waals surface area contributed by atoms with Crippen LogP contribution in [0.2, 0.25) is 0 Å². The minimum absolute atomic E-state index is 0.276. The maximum absolute atomic E-state index is 10.0. The second-order valence-corrected chi connectivity index (χ2v) is 2.53.